The highest BCUT2D eigenvalue weighted by atomic mass is 35.5. The Labute approximate surface area is 81.7 Å². The average Bonchev–Trinajstić information content (AvgIpc) is 1.98. The molecule has 1 aromatic rings. The lowest BCUT2D eigenvalue weighted by Crippen LogP contribution is -1.86. The lowest BCUT2D eigenvalue weighted by Gasteiger charge is -2.07. The summed E-state index contributed by atoms with van der Waals surface area (Å²) in [5.74, 6) is 0.192. The van der Waals surface area contributed by atoms with Crippen LogP contribution in [-0.4, -0.2) is 10.4 Å². The summed E-state index contributed by atoms with van der Waals surface area (Å²) in [5.41, 5.74) is 0. The van der Waals surface area contributed by atoms with Gasteiger partial charge in [-0.15, -0.1) is 11.8 Å². The van der Waals surface area contributed by atoms with Crippen molar-refractivity contribution in [3.8, 4) is 5.75 Å². The molecule has 0 unspecified atom stereocenters. The second kappa shape index (κ2) is 4.06. The maximum Gasteiger partial charge on any atom is 0.147 e. The number of phenols is 1. The quantitative estimate of drug-likeness (QED) is 0.741. The van der Waals surface area contributed by atoms with E-state index in [0.29, 0.717) is 10.3 Å². The Hall–Kier alpha value is -0.340. The molecule has 0 radical (unpaired) electrons. The molecule has 0 aliphatic rings. The minimum absolute atomic E-state index is 0.192. The van der Waals surface area contributed by atoms with Gasteiger partial charge in [-0.25, -0.2) is 0 Å². The van der Waals surface area contributed by atoms with Crippen molar-refractivity contribution in [3.63, 3.8) is 0 Å². The van der Waals surface area contributed by atoms with Gasteiger partial charge in [-0.05, 0) is 12.1 Å². The van der Waals surface area contributed by atoms with Gasteiger partial charge in [0, 0.05) is 5.25 Å². The van der Waals surface area contributed by atoms with Crippen LogP contribution in [0.15, 0.2) is 23.1 Å². The molecule has 3 heteroatoms. The fourth-order valence-electron chi connectivity index (χ4n) is 0.845. The van der Waals surface area contributed by atoms with E-state index in [-0.39, 0.29) is 5.75 Å². The molecule has 1 aromatic carbocycles. The third kappa shape index (κ3) is 2.32. The summed E-state index contributed by atoms with van der Waals surface area (Å²) in [6.07, 6.45) is 0. The highest BCUT2D eigenvalue weighted by Gasteiger charge is 2.06. The van der Waals surface area contributed by atoms with Gasteiger partial charge in [-0.1, -0.05) is 31.5 Å². The van der Waals surface area contributed by atoms with Crippen LogP contribution in [-0.2, 0) is 0 Å². The molecule has 66 valence electrons. The van der Waals surface area contributed by atoms with E-state index in [1.807, 2.05) is 12.1 Å². The smallest absolute Gasteiger partial charge is 0.147 e. The molecule has 0 aliphatic heterocycles. The molecule has 12 heavy (non-hydrogen) atoms. The first kappa shape index (κ1) is 9.75. The second-order valence-corrected chi connectivity index (χ2v) is 4.78. The predicted molar refractivity (Wildman–Crippen MR) is 54.1 cm³/mol. The van der Waals surface area contributed by atoms with Crippen LogP contribution in [0, 0.1) is 0 Å². The summed E-state index contributed by atoms with van der Waals surface area (Å²) < 4.78 is 0. The van der Waals surface area contributed by atoms with Crippen molar-refractivity contribution in [2.24, 2.45) is 0 Å². The summed E-state index contributed by atoms with van der Waals surface area (Å²) in [7, 11) is 0. The summed E-state index contributed by atoms with van der Waals surface area (Å²) in [5, 5.41) is 10.4. The van der Waals surface area contributed by atoms with Gasteiger partial charge in [0.05, 0.1) is 9.92 Å². The maximum absolute atomic E-state index is 9.49. The summed E-state index contributed by atoms with van der Waals surface area (Å²) in [6, 6.07) is 5.39. The molecule has 0 aliphatic carbocycles. The fourth-order valence-corrected chi connectivity index (χ4v) is 1.96. The zero-order valence-electron chi connectivity index (χ0n) is 7.04. The Balaban J connectivity index is 2.92. The Kier molecular flexibility index (Phi) is 3.29. The zero-order valence-corrected chi connectivity index (χ0v) is 8.62. The molecular formula is C9H11ClOS. The number of benzene rings is 1. The van der Waals surface area contributed by atoms with Gasteiger partial charge in [-0.2, -0.15) is 0 Å². The SMILES string of the molecule is CC(C)Sc1cccc(Cl)c1O. The van der Waals surface area contributed by atoms with Crippen LogP contribution >= 0.6 is 23.4 Å². The average molecular weight is 203 g/mol. The first-order chi connectivity index (χ1) is 5.61. The molecule has 1 nitrogen and oxygen atoms in total. The van der Waals surface area contributed by atoms with Crippen molar-refractivity contribution in [2.75, 3.05) is 0 Å². The van der Waals surface area contributed by atoms with E-state index in [1.54, 1.807) is 17.8 Å². The van der Waals surface area contributed by atoms with Crippen LogP contribution in [0.5, 0.6) is 5.75 Å². The third-order valence-electron chi connectivity index (χ3n) is 1.31. The molecule has 0 bridgehead atoms. The van der Waals surface area contributed by atoms with Gasteiger partial charge in [-0.3, -0.25) is 0 Å². The molecule has 1 N–H and O–H groups in total. The van der Waals surface area contributed by atoms with E-state index >= 15 is 0 Å². The van der Waals surface area contributed by atoms with Crippen LogP contribution in [0.3, 0.4) is 0 Å². The van der Waals surface area contributed by atoms with Crippen molar-refractivity contribution in [3.05, 3.63) is 23.2 Å². The Morgan fingerprint density at radius 2 is 2.08 bits per heavy atom. The monoisotopic (exact) mass is 202 g/mol. The number of rotatable bonds is 2. The molecule has 0 aromatic heterocycles. The van der Waals surface area contributed by atoms with Gasteiger partial charge >= 0.3 is 0 Å². The fraction of sp³-hybridized carbons (Fsp3) is 0.333. The van der Waals surface area contributed by atoms with Gasteiger partial charge < -0.3 is 5.11 Å². The zero-order chi connectivity index (χ0) is 9.14. The number of phenolic OH excluding ortho intramolecular Hbond substituents is 1. The number of hydrogen-bond acceptors (Lipinski definition) is 2. The van der Waals surface area contributed by atoms with Crippen molar-refractivity contribution >= 4 is 23.4 Å². The van der Waals surface area contributed by atoms with Crippen LogP contribution < -0.4 is 0 Å². The minimum atomic E-state index is 0.192. The number of halogens is 1. The molecule has 0 amide bonds. The molecule has 0 saturated carbocycles. The number of aromatic hydroxyl groups is 1. The first-order valence-electron chi connectivity index (χ1n) is 3.75. The molecular weight excluding hydrogens is 192 g/mol. The highest BCUT2D eigenvalue weighted by molar-refractivity contribution is 8.00. The van der Waals surface area contributed by atoms with Crippen molar-refractivity contribution in [1.29, 1.82) is 0 Å². The van der Waals surface area contributed by atoms with E-state index in [9.17, 15) is 5.11 Å². The summed E-state index contributed by atoms with van der Waals surface area (Å²) in [4.78, 5) is 0.845. The van der Waals surface area contributed by atoms with Crippen LogP contribution in [0.1, 0.15) is 13.8 Å². The molecule has 0 spiro atoms. The Bertz CT molecular complexity index is 273. The van der Waals surface area contributed by atoms with E-state index in [4.69, 9.17) is 11.6 Å². The van der Waals surface area contributed by atoms with Gasteiger partial charge in [0.15, 0.2) is 0 Å². The number of hydrogen-bond donors (Lipinski definition) is 1. The molecule has 1 rings (SSSR count). The van der Waals surface area contributed by atoms with Crippen molar-refractivity contribution in [2.45, 2.75) is 24.0 Å². The minimum Gasteiger partial charge on any atom is -0.505 e. The van der Waals surface area contributed by atoms with Crippen LogP contribution in [0.2, 0.25) is 5.02 Å². The third-order valence-corrected chi connectivity index (χ3v) is 2.67. The molecule has 0 saturated heterocycles. The largest absolute Gasteiger partial charge is 0.505 e. The Morgan fingerprint density at radius 3 is 2.67 bits per heavy atom. The van der Waals surface area contributed by atoms with Crippen molar-refractivity contribution < 1.29 is 5.11 Å². The van der Waals surface area contributed by atoms with Gasteiger partial charge in [0.1, 0.15) is 5.75 Å². The van der Waals surface area contributed by atoms with Gasteiger partial charge in [0.2, 0.25) is 0 Å². The maximum atomic E-state index is 9.49. The standard InChI is InChI=1S/C9H11ClOS/c1-6(2)12-8-5-3-4-7(10)9(8)11/h3-6,11H,1-2H3. The highest BCUT2D eigenvalue weighted by Crippen LogP contribution is 2.35. The summed E-state index contributed by atoms with van der Waals surface area (Å²) in [6.45, 7) is 4.15. The predicted octanol–water partition coefficient (Wildman–Crippen LogP) is 3.55. The number of thioether (sulfide) groups is 1. The van der Waals surface area contributed by atoms with Gasteiger partial charge in [0.25, 0.3) is 0 Å². The van der Waals surface area contributed by atoms with E-state index in [0.717, 1.165) is 4.90 Å². The van der Waals surface area contributed by atoms with Crippen LogP contribution in [0.4, 0.5) is 0 Å². The lowest BCUT2D eigenvalue weighted by atomic mass is 10.3. The van der Waals surface area contributed by atoms with E-state index < -0.39 is 0 Å². The van der Waals surface area contributed by atoms with E-state index in [1.165, 1.54) is 0 Å². The van der Waals surface area contributed by atoms with E-state index in [2.05, 4.69) is 13.8 Å². The lowest BCUT2D eigenvalue weighted by molar-refractivity contribution is 0.462. The normalized spacial score (nSPS) is 10.7. The summed E-state index contributed by atoms with van der Waals surface area (Å²) >= 11 is 7.34. The second-order valence-electron chi connectivity index (χ2n) is 2.75. The van der Waals surface area contributed by atoms with Crippen LogP contribution in [0.25, 0.3) is 0 Å². The molecule has 0 atom stereocenters. The molecule has 0 heterocycles. The Morgan fingerprint density at radius 1 is 1.42 bits per heavy atom. The van der Waals surface area contributed by atoms with Crippen molar-refractivity contribution in [1.82, 2.24) is 0 Å². The topological polar surface area (TPSA) is 20.2 Å². The first-order valence-corrected chi connectivity index (χ1v) is 5.01. The molecule has 0 fully saturated rings. The number of para-hydroxylation sites is 1.